The largest absolute Gasteiger partial charge is 0.329 e. The molecular formula is C18H24N2. The molecule has 2 rings (SSSR count). The van der Waals surface area contributed by atoms with E-state index in [2.05, 4.69) is 65.6 Å². The summed E-state index contributed by atoms with van der Waals surface area (Å²) in [5.74, 6) is 0. The molecule has 0 heterocycles. The van der Waals surface area contributed by atoms with Gasteiger partial charge in [-0.1, -0.05) is 60.7 Å². The van der Waals surface area contributed by atoms with Crippen LogP contribution in [0, 0.1) is 0 Å². The van der Waals surface area contributed by atoms with E-state index in [1.165, 1.54) is 11.1 Å². The van der Waals surface area contributed by atoms with Crippen molar-refractivity contribution < 1.29 is 0 Å². The molecule has 0 atom stereocenters. The molecular weight excluding hydrogens is 244 g/mol. The molecule has 0 bridgehead atoms. The lowest BCUT2D eigenvalue weighted by Gasteiger charge is -2.21. The van der Waals surface area contributed by atoms with E-state index in [9.17, 15) is 0 Å². The van der Waals surface area contributed by atoms with E-state index in [1.54, 1.807) is 0 Å². The van der Waals surface area contributed by atoms with Crippen molar-refractivity contribution in [3.63, 3.8) is 0 Å². The van der Waals surface area contributed by atoms with Crippen molar-refractivity contribution in [2.75, 3.05) is 26.2 Å². The monoisotopic (exact) mass is 268 g/mol. The van der Waals surface area contributed by atoms with Gasteiger partial charge in [-0.2, -0.15) is 0 Å². The predicted octanol–water partition coefficient (Wildman–Crippen LogP) is 2.73. The maximum absolute atomic E-state index is 5.73. The highest BCUT2D eigenvalue weighted by Crippen LogP contribution is 2.04. The maximum atomic E-state index is 5.73. The molecule has 2 aromatic rings. The lowest BCUT2D eigenvalue weighted by atomic mass is 10.1. The van der Waals surface area contributed by atoms with Crippen LogP contribution < -0.4 is 5.73 Å². The van der Waals surface area contributed by atoms with Crippen LogP contribution >= 0.6 is 0 Å². The zero-order valence-corrected chi connectivity index (χ0v) is 12.0. The van der Waals surface area contributed by atoms with Crippen molar-refractivity contribution in [1.82, 2.24) is 4.90 Å². The fraction of sp³-hybridized carbons (Fsp3) is 0.333. The molecule has 0 fully saturated rings. The Bertz CT molecular complexity index is 424. The quantitative estimate of drug-likeness (QED) is 0.797. The minimum absolute atomic E-state index is 0.726. The molecule has 0 aliphatic carbocycles. The Morgan fingerprint density at radius 2 is 1.10 bits per heavy atom. The van der Waals surface area contributed by atoms with Crippen LogP contribution in [0.5, 0.6) is 0 Å². The first-order chi connectivity index (χ1) is 9.88. The maximum Gasteiger partial charge on any atom is 0.0105 e. The SMILES string of the molecule is NCCN(CCc1ccccc1)CCc1ccccc1. The van der Waals surface area contributed by atoms with Gasteiger partial charge >= 0.3 is 0 Å². The summed E-state index contributed by atoms with van der Waals surface area (Å²) in [6.45, 7) is 3.85. The summed E-state index contributed by atoms with van der Waals surface area (Å²) < 4.78 is 0. The lowest BCUT2D eigenvalue weighted by molar-refractivity contribution is 0.288. The summed E-state index contributed by atoms with van der Waals surface area (Å²) >= 11 is 0. The number of nitrogens with two attached hydrogens (primary N) is 1. The third-order valence-corrected chi connectivity index (χ3v) is 3.56. The first kappa shape index (κ1) is 14.8. The summed E-state index contributed by atoms with van der Waals surface area (Å²) in [6.07, 6.45) is 2.19. The van der Waals surface area contributed by atoms with E-state index in [0.29, 0.717) is 0 Å². The van der Waals surface area contributed by atoms with Crippen LogP contribution in [-0.4, -0.2) is 31.1 Å². The summed E-state index contributed by atoms with van der Waals surface area (Å²) in [4.78, 5) is 2.46. The van der Waals surface area contributed by atoms with Gasteiger partial charge in [-0.25, -0.2) is 0 Å². The first-order valence-electron chi connectivity index (χ1n) is 7.39. The molecule has 0 unspecified atom stereocenters. The van der Waals surface area contributed by atoms with Crippen LogP contribution in [0.2, 0.25) is 0 Å². The molecule has 0 spiro atoms. The van der Waals surface area contributed by atoms with Crippen LogP contribution in [0.1, 0.15) is 11.1 Å². The third kappa shape index (κ3) is 5.16. The first-order valence-corrected chi connectivity index (χ1v) is 7.39. The van der Waals surface area contributed by atoms with Crippen LogP contribution in [0.3, 0.4) is 0 Å². The highest BCUT2D eigenvalue weighted by molar-refractivity contribution is 5.16. The van der Waals surface area contributed by atoms with Gasteiger partial charge in [0.2, 0.25) is 0 Å². The smallest absolute Gasteiger partial charge is 0.0105 e. The molecule has 0 aromatic heterocycles. The highest BCUT2D eigenvalue weighted by Gasteiger charge is 2.04. The van der Waals surface area contributed by atoms with Gasteiger partial charge in [0, 0.05) is 26.2 Å². The van der Waals surface area contributed by atoms with E-state index in [1.807, 2.05) is 0 Å². The Labute approximate surface area is 122 Å². The number of hydrogen-bond acceptors (Lipinski definition) is 2. The van der Waals surface area contributed by atoms with E-state index >= 15 is 0 Å². The fourth-order valence-electron chi connectivity index (χ4n) is 2.38. The van der Waals surface area contributed by atoms with Crippen LogP contribution in [0.15, 0.2) is 60.7 Å². The van der Waals surface area contributed by atoms with Gasteiger partial charge in [0.1, 0.15) is 0 Å². The molecule has 20 heavy (non-hydrogen) atoms. The number of rotatable bonds is 8. The van der Waals surface area contributed by atoms with Crippen molar-refractivity contribution in [2.24, 2.45) is 5.73 Å². The van der Waals surface area contributed by atoms with Crippen LogP contribution in [0.25, 0.3) is 0 Å². The van der Waals surface area contributed by atoms with E-state index in [4.69, 9.17) is 5.73 Å². The Morgan fingerprint density at radius 1 is 0.650 bits per heavy atom. The van der Waals surface area contributed by atoms with Crippen molar-refractivity contribution in [3.05, 3.63) is 71.8 Å². The number of nitrogens with zero attached hydrogens (tertiary/aromatic N) is 1. The summed E-state index contributed by atoms with van der Waals surface area (Å²) in [5.41, 5.74) is 8.52. The molecule has 0 amide bonds. The van der Waals surface area contributed by atoms with Gasteiger partial charge in [0.05, 0.1) is 0 Å². The van der Waals surface area contributed by atoms with Crippen LogP contribution in [0.4, 0.5) is 0 Å². The highest BCUT2D eigenvalue weighted by atomic mass is 15.1. The Kier molecular flexibility index (Phi) is 6.28. The summed E-state index contributed by atoms with van der Waals surface area (Å²) in [5, 5.41) is 0. The average molecular weight is 268 g/mol. The molecule has 2 nitrogen and oxygen atoms in total. The predicted molar refractivity (Wildman–Crippen MR) is 85.8 cm³/mol. The number of benzene rings is 2. The Hall–Kier alpha value is -1.64. The Balaban J connectivity index is 1.81. The van der Waals surface area contributed by atoms with E-state index < -0.39 is 0 Å². The molecule has 2 N–H and O–H groups in total. The standard InChI is InChI=1S/C18H24N2/c19-13-16-20(14-11-17-7-3-1-4-8-17)15-12-18-9-5-2-6-10-18/h1-10H,11-16,19H2. The second-order valence-corrected chi connectivity index (χ2v) is 5.10. The zero-order chi connectivity index (χ0) is 14.0. The molecule has 106 valence electrons. The molecule has 0 saturated carbocycles. The average Bonchev–Trinajstić information content (AvgIpc) is 2.52. The van der Waals surface area contributed by atoms with Gasteiger partial charge in [-0.15, -0.1) is 0 Å². The second kappa shape index (κ2) is 8.51. The third-order valence-electron chi connectivity index (χ3n) is 3.56. The lowest BCUT2D eigenvalue weighted by Crippen LogP contribution is -2.33. The van der Waals surface area contributed by atoms with E-state index in [0.717, 1.165) is 39.0 Å². The van der Waals surface area contributed by atoms with Crippen molar-refractivity contribution >= 4 is 0 Å². The molecule has 2 aromatic carbocycles. The van der Waals surface area contributed by atoms with Crippen LogP contribution in [-0.2, 0) is 12.8 Å². The molecule has 0 aliphatic rings. The van der Waals surface area contributed by atoms with Crippen molar-refractivity contribution in [1.29, 1.82) is 0 Å². The van der Waals surface area contributed by atoms with E-state index in [-0.39, 0.29) is 0 Å². The summed E-state index contributed by atoms with van der Waals surface area (Å²) in [6, 6.07) is 21.3. The summed E-state index contributed by atoms with van der Waals surface area (Å²) in [7, 11) is 0. The zero-order valence-electron chi connectivity index (χ0n) is 12.0. The van der Waals surface area contributed by atoms with Gasteiger partial charge in [-0.3, -0.25) is 0 Å². The minimum Gasteiger partial charge on any atom is -0.329 e. The van der Waals surface area contributed by atoms with Gasteiger partial charge in [0.25, 0.3) is 0 Å². The van der Waals surface area contributed by atoms with Gasteiger partial charge in [-0.05, 0) is 24.0 Å². The van der Waals surface area contributed by atoms with Gasteiger partial charge in [0.15, 0.2) is 0 Å². The molecule has 0 saturated heterocycles. The normalized spacial score (nSPS) is 10.9. The minimum atomic E-state index is 0.726. The molecule has 0 radical (unpaired) electrons. The molecule has 0 aliphatic heterocycles. The number of hydrogen-bond donors (Lipinski definition) is 1. The second-order valence-electron chi connectivity index (χ2n) is 5.10. The molecule has 2 heteroatoms. The van der Waals surface area contributed by atoms with Crippen molar-refractivity contribution in [3.8, 4) is 0 Å². The topological polar surface area (TPSA) is 29.3 Å². The fourth-order valence-corrected chi connectivity index (χ4v) is 2.38. The van der Waals surface area contributed by atoms with Crippen molar-refractivity contribution in [2.45, 2.75) is 12.8 Å². The Morgan fingerprint density at radius 3 is 1.50 bits per heavy atom. The van der Waals surface area contributed by atoms with Gasteiger partial charge < -0.3 is 10.6 Å².